The molecule has 3 N–H and O–H groups in total. The maximum Gasteiger partial charge on any atom is 0.239 e. The Kier molecular flexibility index (Phi) is 8.02. The lowest BCUT2D eigenvalue weighted by molar-refractivity contribution is -0.125. The summed E-state index contributed by atoms with van der Waals surface area (Å²) in [6, 6.07) is 8.75. The zero-order valence-corrected chi connectivity index (χ0v) is 18.2. The van der Waals surface area contributed by atoms with Gasteiger partial charge in [-0.2, -0.15) is 9.57 Å². The van der Waals surface area contributed by atoms with Crippen LogP contribution in [-0.4, -0.2) is 42.9 Å². The first-order chi connectivity index (χ1) is 14.9. The van der Waals surface area contributed by atoms with E-state index in [2.05, 4.69) is 5.32 Å². The highest BCUT2D eigenvalue weighted by atomic mass is 32.2. The second-order valence-corrected chi connectivity index (χ2v) is 9.14. The predicted octanol–water partition coefficient (Wildman–Crippen LogP) is 1.67. The van der Waals surface area contributed by atoms with Crippen molar-refractivity contribution >= 4 is 21.8 Å². The Morgan fingerprint density at radius 3 is 2.16 bits per heavy atom. The molecule has 2 aromatic rings. The number of nitrogens with one attached hydrogen (secondary N) is 1. The van der Waals surface area contributed by atoms with Gasteiger partial charge in [0, 0.05) is 12.6 Å². The van der Waals surface area contributed by atoms with E-state index >= 15 is 0 Å². The molecule has 0 aromatic heterocycles. The molecule has 170 valence electrons. The van der Waals surface area contributed by atoms with Gasteiger partial charge in [0.15, 0.2) is 0 Å². The number of hydrogen-bond donors (Lipinski definition) is 2. The van der Waals surface area contributed by atoms with Crippen molar-refractivity contribution in [1.29, 1.82) is 5.26 Å². The van der Waals surface area contributed by atoms with Crippen molar-refractivity contribution in [1.82, 2.24) is 9.62 Å². The Labute approximate surface area is 184 Å². The zero-order valence-electron chi connectivity index (χ0n) is 17.4. The standard InChI is InChI=1S/C21H22F2N4O4S/c1-13(21(29)26-19(11-24)10-20(25)28)27(32(2,30)31)12-14-3-5-15(6-4-14)16-7-17(22)9-18(23)8-16/h3-9,13,19H,10,12H2,1-2H3,(H2,25,28)(H,26,29)/t13-,19+/m1/s1. The van der Waals surface area contributed by atoms with E-state index < -0.39 is 52.0 Å². The van der Waals surface area contributed by atoms with Gasteiger partial charge in [-0.25, -0.2) is 17.2 Å². The Morgan fingerprint density at radius 1 is 1.12 bits per heavy atom. The van der Waals surface area contributed by atoms with Crippen LogP contribution in [0.25, 0.3) is 11.1 Å². The van der Waals surface area contributed by atoms with Crippen LogP contribution in [0.3, 0.4) is 0 Å². The zero-order chi connectivity index (χ0) is 24.1. The summed E-state index contributed by atoms with van der Waals surface area (Å²) in [4.78, 5) is 23.5. The smallest absolute Gasteiger partial charge is 0.239 e. The van der Waals surface area contributed by atoms with Crippen molar-refractivity contribution in [3.05, 3.63) is 59.7 Å². The lowest BCUT2D eigenvalue weighted by Gasteiger charge is -2.27. The fourth-order valence-corrected chi connectivity index (χ4v) is 4.05. The highest BCUT2D eigenvalue weighted by Crippen LogP contribution is 2.23. The lowest BCUT2D eigenvalue weighted by atomic mass is 10.0. The van der Waals surface area contributed by atoms with Crippen LogP contribution >= 0.6 is 0 Å². The first kappa shape index (κ1) is 24.9. The minimum absolute atomic E-state index is 0.168. The highest BCUT2D eigenvalue weighted by molar-refractivity contribution is 7.88. The molecule has 2 amide bonds. The molecule has 0 saturated carbocycles. The largest absolute Gasteiger partial charge is 0.370 e. The van der Waals surface area contributed by atoms with Gasteiger partial charge >= 0.3 is 0 Å². The molecule has 8 nitrogen and oxygen atoms in total. The van der Waals surface area contributed by atoms with Gasteiger partial charge in [0.2, 0.25) is 21.8 Å². The lowest BCUT2D eigenvalue weighted by Crippen LogP contribution is -2.50. The monoisotopic (exact) mass is 464 g/mol. The summed E-state index contributed by atoms with van der Waals surface area (Å²) in [6.07, 6.45) is 0.530. The number of primary amides is 1. The number of amides is 2. The summed E-state index contributed by atoms with van der Waals surface area (Å²) in [7, 11) is -3.85. The van der Waals surface area contributed by atoms with E-state index in [9.17, 15) is 26.8 Å². The summed E-state index contributed by atoms with van der Waals surface area (Å²) in [5.74, 6) is -3.00. The first-order valence-corrected chi connectivity index (χ1v) is 11.3. The van der Waals surface area contributed by atoms with Crippen LogP contribution in [0.15, 0.2) is 42.5 Å². The molecule has 0 aliphatic carbocycles. The van der Waals surface area contributed by atoms with Gasteiger partial charge < -0.3 is 11.1 Å². The van der Waals surface area contributed by atoms with Crippen molar-refractivity contribution < 1.29 is 26.8 Å². The van der Waals surface area contributed by atoms with Crippen LogP contribution in [0.5, 0.6) is 0 Å². The SMILES string of the molecule is C[C@H](C(=O)N[C@H](C#N)CC(N)=O)N(Cc1ccc(-c2cc(F)cc(F)c2)cc1)S(C)(=O)=O. The Balaban J connectivity index is 2.21. The number of sulfonamides is 1. The van der Waals surface area contributed by atoms with Gasteiger partial charge in [-0.1, -0.05) is 24.3 Å². The van der Waals surface area contributed by atoms with E-state index in [-0.39, 0.29) is 6.54 Å². The third kappa shape index (κ3) is 6.83. The first-order valence-electron chi connectivity index (χ1n) is 9.41. The molecule has 0 fully saturated rings. The molecule has 0 bridgehead atoms. The number of halogens is 2. The van der Waals surface area contributed by atoms with Gasteiger partial charge in [-0.05, 0) is 35.7 Å². The van der Waals surface area contributed by atoms with E-state index in [1.54, 1.807) is 30.3 Å². The molecule has 0 saturated heterocycles. The summed E-state index contributed by atoms with van der Waals surface area (Å²) >= 11 is 0. The summed E-state index contributed by atoms with van der Waals surface area (Å²) in [6.45, 7) is 1.18. The fourth-order valence-electron chi connectivity index (χ4n) is 3.00. The molecule has 2 rings (SSSR count). The van der Waals surface area contributed by atoms with Crippen molar-refractivity contribution in [3.8, 4) is 17.2 Å². The van der Waals surface area contributed by atoms with Crippen LogP contribution < -0.4 is 11.1 Å². The normalized spacial score (nSPS) is 13.2. The van der Waals surface area contributed by atoms with Gasteiger partial charge in [0.25, 0.3) is 0 Å². The Morgan fingerprint density at radius 2 is 1.69 bits per heavy atom. The second-order valence-electron chi connectivity index (χ2n) is 7.20. The molecule has 0 heterocycles. The number of carbonyl (C=O) groups excluding carboxylic acids is 2. The van der Waals surface area contributed by atoms with Crippen LogP contribution in [0.2, 0.25) is 0 Å². The molecule has 0 spiro atoms. The van der Waals surface area contributed by atoms with Crippen molar-refractivity contribution in [3.63, 3.8) is 0 Å². The molecule has 11 heteroatoms. The molecule has 2 aromatic carbocycles. The van der Waals surface area contributed by atoms with E-state index in [0.29, 0.717) is 16.7 Å². The van der Waals surface area contributed by atoms with E-state index in [1.165, 1.54) is 19.1 Å². The predicted molar refractivity (Wildman–Crippen MR) is 113 cm³/mol. The maximum absolute atomic E-state index is 13.4. The molecule has 0 aliphatic heterocycles. The summed E-state index contributed by atoms with van der Waals surface area (Å²) < 4.78 is 52.4. The fraction of sp³-hybridized carbons (Fsp3) is 0.286. The number of nitriles is 1. The molecular formula is C21H22F2N4O4S. The van der Waals surface area contributed by atoms with E-state index in [1.807, 2.05) is 0 Å². The average molecular weight is 464 g/mol. The van der Waals surface area contributed by atoms with Crippen LogP contribution in [0.1, 0.15) is 18.9 Å². The topological polar surface area (TPSA) is 133 Å². The van der Waals surface area contributed by atoms with Gasteiger partial charge in [-0.3, -0.25) is 9.59 Å². The molecular weight excluding hydrogens is 442 g/mol. The minimum atomic E-state index is -3.85. The van der Waals surface area contributed by atoms with Gasteiger partial charge in [0.1, 0.15) is 23.7 Å². The van der Waals surface area contributed by atoms with E-state index in [0.717, 1.165) is 16.6 Å². The van der Waals surface area contributed by atoms with Crippen LogP contribution in [0, 0.1) is 23.0 Å². The number of rotatable bonds is 9. The highest BCUT2D eigenvalue weighted by Gasteiger charge is 2.30. The number of benzene rings is 2. The Hall–Kier alpha value is -3.36. The van der Waals surface area contributed by atoms with Crippen molar-refractivity contribution in [2.24, 2.45) is 5.73 Å². The molecule has 0 radical (unpaired) electrons. The van der Waals surface area contributed by atoms with Crippen LogP contribution in [-0.2, 0) is 26.2 Å². The number of carbonyl (C=O) groups is 2. The van der Waals surface area contributed by atoms with Gasteiger partial charge in [0.05, 0.1) is 18.7 Å². The Bertz CT molecular complexity index is 1130. The average Bonchev–Trinajstić information content (AvgIpc) is 2.69. The minimum Gasteiger partial charge on any atom is -0.370 e. The third-order valence-electron chi connectivity index (χ3n) is 4.60. The number of nitrogens with zero attached hydrogens (tertiary/aromatic N) is 2. The molecule has 32 heavy (non-hydrogen) atoms. The van der Waals surface area contributed by atoms with Gasteiger partial charge in [-0.15, -0.1) is 0 Å². The number of hydrogen-bond acceptors (Lipinski definition) is 5. The summed E-state index contributed by atoms with van der Waals surface area (Å²) in [5, 5.41) is 11.3. The number of nitrogens with two attached hydrogens (primary N) is 1. The van der Waals surface area contributed by atoms with Crippen LogP contribution in [0.4, 0.5) is 8.78 Å². The van der Waals surface area contributed by atoms with E-state index in [4.69, 9.17) is 11.0 Å². The quantitative estimate of drug-likeness (QED) is 0.582. The summed E-state index contributed by atoms with van der Waals surface area (Å²) in [5.41, 5.74) is 6.39. The van der Waals surface area contributed by atoms with Crippen molar-refractivity contribution in [2.75, 3.05) is 6.26 Å². The molecule has 0 unspecified atom stereocenters. The molecule has 2 atom stereocenters. The maximum atomic E-state index is 13.4. The van der Waals surface area contributed by atoms with Crippen molar-refractivity contribution in [2.45, 2.75) is 32.0 Å². The molecule has 0 aliphatic rings. The third-order valence-corrected chi connectivity index (χ3v) is 5.90. The second kappa shape index (κ2) is 10.3.